The van der Waals surface area contributed by atoms with Crippen LogP contribution < -0.4 is 10.6 Å². The van der Waals surface area contributed by atoms with E-state index >= 15 is 0 Å². The molecule has 37 heavy (non-hydrogen) atoms. The molecule has 7 nitrogen and oxygen atoms in total. The Balaban J connectivity index is 0. The van der Waals surface area contributed by atoms with E-state index in [1.54, 1.807) is 13.1 Å². The summed E-state index contributed by atoms with van der Waals surface area (Å²) in [6, 6.07) is 4.52. The SMILES string of the molecule is C.CNC(=O)[C@@H](NC(=O)CC1(CN=C(C)c2ccc(F)c(CN(C)C)c2)CCCCN(C)C1)C(C)(C)C.[HH].[HH]. The first kappa shape index (κ1) is 32.7. The summed E-state index contributed by atoms with van der Waals surface area (Å²) in [5.41, 5.74) is 1.61. The molecule has 2 N–H and O–H groups in total. The number of nitrogens with one attached hydrogen (secondary N) is 2. The standard InChI is InChI=1S/C28H46FN5O2.CH4.2H2/c1-20(21-11-12-23(29)22(15-21)17-33(6)7)31-18-28(13-9-10-14-34(8)19-28)16-24(35)32-25(26(36)30-5)27(2,3)4;;;/h11-12,15,25H,9-10,13-14,16-19H2,1-8H3,(H,30,36)(H,32,35);1H4;2*1H/t25-,28?;;;/m1.../s1. The average molecular weight is 524 g/mol. The molecule has 1 heterocycles. The van der Waals surface area contributed by atoms with Crippen LogP contribution in [0.1, 0.15) is 74.8 Å². The number of likely N-dealkylation sites (tertiary alicyclic amines) is 1. The summed E-state index contributed by atoms with van der Waals surface area (Å²) in [5.74, 6) is -0.540. The second-order valence-electron chi connectivity index (χ2n) is 11.8. The number of carbonyl (C=O) groups is 2. The number of halogens is 1. The van der Waals surface area contributed by atoms with Crippen LogP contribution in [0.25, 0.3) is 0 Å². The molecule has 1 saturated heterocycles. The molecule has 0 aliphatic carbocycles. The fraction of sp³-hybridized carbons (Fsp3) is 0.690. The molecule has 0 aromatic heterocycles. The predicted molar refractivity (Wildman–Crippen MR) is 156 cm³/mol. The van der Waals surface area contributed by atoms with E-state index in [0.29, 0.717) is 25.1 Å². The summed E-state index contributed by atoms with van der Waals surface area (Å²) in [5, 5.41) is 5.67. The lowest BCUT2D eigenvalue weighted by atomic mass is 9.79. The molecule has 214 valence electrons. The van der Waals surface area contributed by atoms with Crippen molar-refractivity contribution in [2.75, 3.05) is 47.8 Å². The predicted octanol–water partition coefficient (Wildman–Crippen LogP) is 4.59. The lowest BCUT2D eigenvalue weighted by Gasteiger charge is -2.35. The maximum absolute atomic E-state index is 14.3. The molecule has 0 bridgehead atoms. The van der Waals surface area contributed by atoms with Crippen LogP contribution in [0.4, 0.5) is 4.39 Å². The van der Waals surface area contributed by atoms with Gasteiger partial charge in [-0.05, 0) is 70.6 Å². The van der Waals surface area contributed by atoms with E-state index in [2.05, 4.69) is 22.6 Å². The van der Waals surface area contributed by atoms with Gasteiger partial charge in [-0.1, -0.05) is 40.7 Å². The molecule has 1 aliphatic rings. The average Bonchev–Trinajstić information content (AvgIpc) is 2.96. The van der Waals surface area contributed by atoms with Crippen molar-refractivity contribution < 1.29 is 16.8 Å². The Morgan fingerprint density at radius 3 is 2.54 bits per heavy atom. The van der Waals surface area contributed by atoms with Crippen molar-refractivity contribution in [3.8, 4) is 0 Å². The van der Waals surface area contributed by atoms with Crippen LogP contribution in [0.2, 0.25) is 0 Å². The van der Waals surface area contributed by atoms with Gasteiger partial charge in [-0.25, -0.2) is 4.39 Å². The lowest BCUT2D eigenvalue weighted by Crippen LogP contribution is -2.54. The van der Waals surface area contributed by atoms with E-state index in [9.17, 15) is 14.0 Å². The second kappa shape index (κ2) is 14.0. The molecule has 8 heteroatoms. The van der Waals surface area contributed by atoms with Gasteiger partial charge < -0.3 is 20.4 Å². The smallest absolute Gasteiger partial charge is 0.242 e. The van der Waals surface area contributed by atoms with E-state index in [1.807, 2.05) is 52.8 Å². The summed E-state index contributed by atoms with van der Waals surface area (Å²) in [6.07, 6.45) is 3.29. The van der Waals surface area contributed by atoms with Crippen molar-refractivity contribution in [1.29, 1.82) is 0 Å². The molecule has 0 spiro atoms. The quantitative estimate of drug-likeness (QED) is 0.464. The summed E-state index contributed by atoms with van der Waals surface area (Å²) in [7, 11) is 7.51. The number of carbonyl (C=O) groups excluding carboxylic acids is 2. The number of amides is 2. The van der Waals surface area contributed by atoms with Gasteiger partial charge in [0.1, 0.15) is 11.9 Å². The Labute approximate surface area is 227 Å². The van der Waals surface area contributed by atoms with E-state index in [0.717, 1.165) is 43.6 Å². The highest BCUT2D eigenvalue weighted by atomic mass is 19.1. The van der Waals surface area contributed by atoms with Gasteiger partial charge in [-0.15, -0.1) is 0 Å². The van der Waals surface area contributed by atoms with Crippen LogP contribution >= 0.6 is 0 Å². The third-order valence-electron chi connectivity index (χ3n) is 6.92. The fourth-order valence-corrected chi connectivity index (χ4v) is 4.95. The normalized spacial score (nSPS) is 20.1. The van der Waals surface area contributed by atoms with E-state index in [1.165, 1.54) is 6.07 Å². The van der Waals surface area contributed by atoms with Gasteiger partial charge in [0.05, 0.1) is 0 Å². The Bertz CT molecular complexity index is 952. The lowest BCUT2D eigenvalue weighted by molar-refractivity contribution is -0.132. The number of hydrogen-bond acceptors (Lipinski definition) is 5. The summed E-state index contributed by atoms with van der Waals surface area (Å²) in [6.45, 7) is 10.5. The number of likely N-dealkylation sites (N-methyl/N-ethyl adjacent to an activating group) is 1. The number of nitrogens with zero attached hydrogens (tertiary/aromatic N) is 3. The van der Waals surface area contributed by atoms with Crippen LogP contribution in [-0.4, -0.2) is 81.2 Å². The van der Waals surface area contributed by atoms with Gasteiger partial charge in [-0.2, -0.15) is 0 Å². The number of benzene rings is 1. The van der Waals surface area contributed by atoms with Crippen LogP contribution in [-0.2, 0) is 16.1 Å². The topological polar surface area (TPSA) is 77.0 Å². The molecule has 1 unspecified atom stereocenters. The van der Waals surface area contributed by atoms with Gasteiger partial charge in [0.25, 0.3) is 0 Å². The Morgan fingerprint density at radius 1 is 1.27 bits per heavy atom. The first-order chi connectivity index (χ1) is 16.8. The number of rotatable bonds is 9. The third-order valence-corrected chi connectivity index (χ3v) is 6.92. The van der Waals surface area contributed by atoms with Gasteiger partial charge in [0.2, 0.25) is 11.8 Å². The molecule has 0 saturated carbocycles. The molecule has 1 aromatic rings. The van der Waals surface area contributed by atoms with E-state index in [-0.39, 0.29) is 33.3 Å². The minimum Gasteiger partial charge on any atom is -0.357 e. The van der Waals surface area contributed by atoms with Gasteiger partial charge >= 0.3 is 0 Å². The molecule has 1 fully saturated rings. The first-order valence-corrected chi connectivity index (χ1v) is 12.9. The molecular weight excluding hydrogens is 469 g/mol. The third kappa shape index (κ3) is 9.82. The molecule has 2 amide bonds. The number of aliphatic imine (C=N–C) groups is 1. The van der Waals surface area contributed by atoms with Crippen molar-refractivity contribution in [2.24, 2.45) is 15.8 Å². The maximum Gasteiger partial charge on any atom is 0.242 e. The largest absolute Gasteiger partial charge is 0.357 e. The summed E-state index contributed by atoms with van der Waals surface area (Å²) < 4.78 is 14.3. The van der Waals surface area contributed by atoms with Crippen LogP contribution in [0.3, 0.4) is 0 Å². The monoisotopic (exact) mass is 523 g/mol. The van der Waals surface area contributed by atoms with Crippen LogP contribution in [0, 0.1) is 16.6 Å². The molecule has 1 aromatic carbocycles. The molecule has 2 rings (SSSR count). The maximum atomic E-state index is 14.3. The zero-order valence-corrected chi connectivity index (χ0v) is 23.5. The van der Waals surface area contributed by atoms with Crippen molar-refractivity contribution >= 4 is 17.5 Å². The zero-order chi connectivity index (χ0) is 27.1. The minimum atomic E-state index is -0.616. The van der Waals surface area contributed by atoms with Crippen LogP contribution in [0.5, 0.6) is 0 Å². The van der Waals surface area contributed by atoms with Crippen molar-refractivity contribution in [1.82, 2.24) is 20.4 Å². The highest BCUT2D eigenvalue weighted by molar-refractivity contribution is 5.99. The number of hydrogen-bond donors (Lipinski definition) is 2. The van der Waals surface area contributed by atoms with Gasteiger partial charge in [0.15, 0.2) is 0 Å². The van der Waals surface area contributed by atoms with Crippen LogP contribution in [0.15, 0.2) is 23.2 Å². The highest BCUT2D eigenvalue weighted by Crippen LogP contribution is 2.34. The highest BCUT2D eigenvalue weighted by Gasteiger charge is 2.38. The van der Waals surface area contributed by atoms with Crippen molar-refractivity contribution in [2.45, 2.75) is 73.4 Å². The van der Waals surface area contributed by atoms with E-state index < -0.39 is 11.5 Å². The fourth-order valence-electron chi connectivity index (χ4n) is 4.95. The van der Waals surface area contributed by atoms with Gasteiger partial charge in [-0.3, -0.25) is 14.6 Å². The Hall–Kier alpha value is -2.32. The van der Waals surface area contributed by atoms with Crippen molar-refractivity contribution in [3.63, 3.8) is 0 Å². The van der Waals surface area contributed by atoms with Gasteiger partial charge in [0, 0.05) is 52.6 Å². The van der Waals surface area contributed by atoms with E-state index in [4.69, 9.17) is 4.99 Å². The van der Waals surface area contributed by atoms with Crippen molar-refractivity contribution in [3.05, 3.63) is 35.1 Å². The molecule has 0 radical (unpaired) electrons. The second-order valence-corrected chi connectivity index (χ2v) is 11.8. The Morgan fingerprint density at radius 2 is 1.95 bits per heavy atom. The molecule has 2 atom stereocenters. The minimum absolute atomic E-state index is 0. The molecule has 1 aliphatic heterocycles. The summed E-state index contributed by atoms with van der Waals surface area (Å²) in [4.78, 5) is 34.9. The molecular formula is C29H54FN5O2. The Kier molecular flexibility index (Phi) is 12.4. The first-order valence-electron chi connectivity index (χ1n) is 12.9. The zero-order valence-electron chi connectivity index (χ0n) is 23.5. The summed E-state index contributed by atoms with van der Waals surface area (Å²) >= 11 is 0.